The highest BCUT2D eigenvalue weighted by Crippen LogP contribution is 2.24. The van der Waals surface area contributed by atoms with E-state index in [1.54, 1.807) is 0 Å². The number of rotatable bonds is 5. The third kappa shape index (κ3) is 5.58. The van der Waals surface area contributed by atoms with Crippen LogP contribution in [-0.2, 0) is 9.59 Å². The predicted octanol–water partition coefficient (Wildman–Crippen LogP) is 1.45. The van der Waals surface area contributed by atoms with Crippen molar-refractivity contribution in [2.24, 2.45) is 0 Å². The van der Waals surface area contributed by atoms with Gasteiger partial charge in [0, 0.05) is 43.8 Å². The minimum absolute atomic E-state index is 0. The van der Waals surface area contributed by atoms with Gasteiger partial charge in [-0.3, -0.25) is 14.5 Å². The predicted molar refractivity (Wildman–Crippen MR) is 105 cm³/mol. The van der Waals surface area contributed by atoms with Crippen molar-refractivity contribution in [3.63, 3.8) is 0 Å². The molecule has 1 aromatic carbocycles. The molecule has 0 aromatic heterocycles. The maximum atomic E-state index is 12.3. The number of hydrogen-bond donors (Lipinski definition) is 2. The number of carbonyl (C=O) groups excluding carboxylic acids is 2. The Hall–Kier alpha value is -1.34. The zero-order chi connectivity index (χ0) is 17.6. The Morgan fingerprint density at radius 2 is 2.00 bits per heavy atom. The van der Waals surface area contributed by atoms with Gasteiger partial charge in [0.1, 0.15) is 0 Å². The molecule has 6 nitrogen and oxygen atoms in total. The Kier molecular flexibility index (Phi) is 8.15. The van der Waals surface area contributed by atoms with E-state index in [9.17, 15) is 9.59 Å². The Morgan fingerprint density at radius 1 is 1.23 bits per heavy atom. The number of halogens is 2. The fourth-order valence-electron chi connectivity index (χ4n) is 3.47. The molecule has 1 aromatic rings. The Balaban J connectivity index is 0.00000243. The number of likely N-dealkylation sites (tertiary alicyclic amines) is 1. The van der Waals surface area contributed by atoms with Crippen LogP contribution in [0.4, 0.5) is 0 Å². The van der Waals surface area contributed by atoms with Crippen LogP contribution in [0.3, 0.4) is 0 Å². The lowest BCUT2D eigenvalue weighted by Crippen LogP contribution is -2.50. The highest BCUT2D eigenvalue weighted by atomic mass is 35.5. The summed E-state index contributed by atoms with van der Waals surface area (Å²) in [6, 6.07) is 7.86. The first kappa shape index (κ1) is 21.0. The van der Waals surface area contributed by atoms with Crippen molar-refractivity contribution in [1.82, 2.24) is 20.4 Å². The maximum Gasteiger partial charge on any atom is 0.241 e. The third-order valence-corrected chi connectivity index (χ3v) is 5.07. The maximum absolute atomic E-state index is 12.3. The van der Waals surface area contributed by atoms with Gasteiger partial charge in [-0.1, -0.05) is 23.7 Å². The number of piperazine rings is 1. The van der Waals surface area contributed by atoms with Crippen molar-refractivity contribution < 1.29 is 9.59 Å². The molecular formula is C18H26Cl2N4O2. The molecule has 0 aliphatic carbocycles. The molecule has 2 aliphatic heterocycles. The molecule has 0 spiro atoms. The molecule has 26 heavy (non-hydrogen) atoms. The van der Waals surface area contributed by atoms with Gasteiger partial charge in [0.25, 0.3) is 0 Å². The van der Waals surface area contributed by atoms with Gasteiger partial charge in [-0.05, 0) is 30.5 Å². The van der Waals surface area contributed by atoms with Crippen LogP contribution in [0.25, 0.3) is 0 Å². The van der Waals surface area contributed by atoms with Gasteiger partial charge in [0.05, 0.1) is 13.1 Å². The SMILES string of the molecule is Cl.O=C(CN1CCNCC1c1cccc(Cl)c1)NCC(=O)N1CCCC1. The molecule has 2 heterocycles. The van der Waals surface area contributed by atoms with Crippen molar-refractivity contribution in [3.8, 4) is 0 Å². The summed E-state index contributed by atoms with van der Waals surface area (Å²) in [5.74, 6) is -0.0981. The van der Waals surface area contributed by atoms with E-state index in [1.165, 1.54) is 0 Å². The zero-order valence-corrected chi connectivity index (χ0v) is 16.3. The second-order valence-corrected chi connectivity index (χ2v) is 7.05. The van der Waals surface area contributed by atoms with Crippen molar-refractivity contribution in [3.05, 3.63) is 34.9 Å². The summed E-state index contributed by atoms with van der Waals surface area (Å²) in [4.78, 5) is 28.3. The number of hydrogen-bond acceptors (Lipinski definition) is 4. The number of nitrogens with zero attached hydrogens (tertiary/aromatic N) is 2. The van der Waals surface area contributed by atoms with Gasteiger partial charge in [-0.15, -0.1) is 12.4 Å². The molecule has 1 unspecified atom stereocenters. The van der Waals surface area contributed by atoms with Gasteiger partial charge in [0.15, 0.2) is 0 Å². The van der Waals surface area contributed by atoms with Crippen LogP contribution in [0, 0.1) is 0 Å². The number of benzene rings is 1. The Labute approximate surface area is 165 Å². The summed E-state index contributed by atoms with van der Waals surface area (Å²) >= 11 is 6.10. The molecule has 0 bridgehead atoms. The first-order chi connectivity index (χ1) is 12.1. The Morgan fingerprint density at radius 3 is 2.73 bits per heavy atom. The summed E-state index contributed by atoms with van der Waals surface area (Å²) in [7, 11) is 0. The Bertz CT molecular complexity index is 623. The minimum atomic E-state index is -0.110. The lowest BCUT2D eigenvalue weighted by Gasteiger charge is -2.36. The van der Waals surface area contributed by atoms with Crippen molar-refractivity contribution in [1.29, 1.82) is 0 Å². The molecule has 0 saturated carbocycles. The van der Waals surface area contributed by atoms with Crippen LogP contribution in [-0.4, -0.2) is 67.4 Å². The largest absolute Gasteiger partial charge is 0.346 e. The lowest BCUT2D eigenvalue weighted by atomic mass is 10.0. The van der Waals surface area contributed by atoms with E-state index >= 15 is 0 Å². The molecule has 3 rings (SSSR count). The van der Waals surface area contributed by atoms with Gasteiger partial charge in [0.2, 0.25) is 11.8 Å². The second kappa shape index (κ2) is 10.1. The first-order valence-electron chi connectivity index (χ1n) is 8.88. The molecule has 2 amide bonds. The highest BCUT2D eigenvalue weighted by Gasteiger charge is 2.26. The van der Waals surface area contributed by atoms with Crippen molar-refractivity contribution >= 4 is 35.8 Å². The van der Waals surface area contributed by atoms with Gasteiger partial charge in [-0.2, -0.15) is 0 Å². The average molecular weight is 401 g/mol. The van der Waals surface area contributed by atoms with E-state index in [1.807, 2.05) is 29.2 Å². The molecule has 2 fully saturated rings. The normalized spacial score (nSPS) is 20.5. The monoisotopic (exact) mass is 400 g/mol. The molecule has 2 N–H and O–H groups in total. The van der Waals surface area contributed by atoms with E-state index < -0.39 is 0 Å². The fourth-order valence-corrected chi connectivity index (χ4v) is 3.67. The number of nitrogens with one attached hydrogen (secondary N) is 2. The van der Waals surface area contributed by atoms with Crippen LogP contribution in [0.2, 0.25) is 5.02 Å². The molecule has 1 atom stereocenters. The quantitative estimate of drug-likeness (QED) is 0.784. The summed E-state index contributed by atoms with van der Waals surface area (Å²) < 4.78 is 0. The van der Waals surface area contributed by atoms with E-state index in [2.05, 4.69) is 15.5 Å². The summed E-state index contributed by atoms with van der Waals surface area (Å²) in [5, 5.41) is 6.84. The summed E-state index contributed by atoms with van der Waals surface area (Å²) in [6.45, 7) is 4.40. The zero-order valence-electron chi connectivity index (χ0n) is 14.7. The van der Waals surface area contributed by atoms with E-state index in [0.29, 0.717) is 5.02 Å². The molecule has 2 saturated heterocycles. The second-order valence-electron chi connectivity index (χ2n) is 6.61. The standard InChI is InChI=1S/C18H25ClN4O2.ClH/c19-15-5-3-4-14(10-15)16-11-20-6-9-23(16)13-17(24)21-12-18(25)22-7-1-2-8-22;/h3-5,10,16,20H,1-2,6-9,11-13H2,(H,21,24);1H. The van der Waals surface area contributed by atoms with Crippen LogP contribution >= 0.6 is 24.0 Å². The molecule has 144 valence electrons. The fraction of sp³-hybridized carbons (Fsp3) is 0.556. The van der Waals surface area contributed by atoms with Crippen LogP contribution in [0.1, 0.15) is 24.4 Å². The van der Waals surface area contributed by atoms with Gasteiger partial charge >= 0.3 is 0 Å². The number of carbonyl (C=O) groups is 2. The molecular weight excluding hydrogens is 375 g/mol. The average Bonchev–Trinajstić information content (AvgIpc) is 3.15. The molecule has 0 radical (unpaired) electrons. The van der Waals surface area contributed by atoms with E-state index in [4.69, 9.17) is 11.6 Å². The summed E-state index contributed by atoms with van der Waals surface area (Å²) in [5.41, 5.74) is 1.10. The number of amides is 2. The van der Waals surface area contributed by atoms with Crippen molar-refractivity contribution in [2.45, 2.75) is 18.9 Å². The molecule has 2 aliphatic rings. The summed E-state index contributed by atoms with van der Waals surface area (Å²) in [6.07, 6.45) is 2.11. The third-order valence-electron chi connectivity index (χ3n) is 4.83. The lowest BCUT2D eigenvalue weighted by molar-refractivity contribution is -0.132. The van der Waals surface area contributed by atoms with Crippen LogP contribution in [0.5, 0.6) is 0 Å². The van der Waals surface area contributed by atoms with Gasteiger partial charge in [-0.25, -0.2) is 0 Å². The van der Waals surface area contributed by atoms with E-state index in [-0.39, 0.29) is 43.4 Å². The van der Waals surface area contributed by atoms with Gasteiger partial charge < -0.3 is 15.5 Å². The smallest absolute Gasteiger partial charge is 0.241 e. The topological polar surface area (TPSA) is 64.7 Å². The van der Waals surface area contributed by atoms with Crippen molar-refractivity contribution in [2.75, 3.05) is 45.8 Å². The van der Waals surface area contributed by atoms with Crippen LogP contribution in [0.15, 0.2) is 24.3 Å². The minimum Gasteiger partial charge on any atom is -0.346 e. The first-order valence-corrected chi connectivity index (χ1v) is 9.26. The highest BCUT2D eigenvalue weighted by molar-refractivity contribution is 6.30. The van der Waals surface area contributed by atoms with E-state index in [0.717, 1.165) is 51.1 Å². The van der Waals surface area contributed by atoms with Crippen LogP contribution < -0.4 is 10.6 Å². The molecule has 8 heteroatoms.